The molecule has 1 fully saturated rings. The van der Waals surface area contributed by atoms with Crippen molar-refractivity contribution in [1.29, 1.82) is 0 Å². The van der Waals surface area contributed by atoms with E-state index < -0.39 is 11.8 Å². The zero-order chi connectivity index (χ0) is 22.6. The van der Waals surface area contributed by atoms with Crippen molar-refractivity contribution in [2.75, 3.05) is 67.9 Å². The van der Waals surface area contributed by atoms with Crippen LogP contribution in [0, 0.1) is 0 Å². The number of nitrogen functional groups attached to an aromatic ring is 2. The fourth-order valence-corrected chi connectivity index (χ4v) is 3.48. The van der Waals surface area contributed by atoms with Crippen molar-refractivity contribution < 1.29 is 24.5 Å². The molecule has 0 aliphatic carbocycles. The molecule has 1 saturated heterocycles. The Morgan fingerprint density at radius 3 is 1.74 bits per heavy atom. The Hall–Kier alpha value is -3.18. The van der Waals surface area contributed by atoms with Crippen LogP contribution < -0.4 is 21.6 Å². The first-order chi connectivity index (χ1) is 14.7. The molecule has 0 unspecified atom stereocenters. The molecule has 0 atom stereocenters. The Balaban J connectivity index is 1.50. The molecule has 2 amide bonds. The molecule has 10 nitrogen and oxygen atoms in total. The SMILES string of the molecule is C[N+]1(CC(=O)N(O)c2ccc(N)cc2)CCN(CC(=O)N(O)c2ccc(N)cc2)CC1. The number of rotatable bonds is 6. The molecule has 0 saturated carbocycles. The Bertz CT molecular complexity index is 910. The number of quaternary nitrogens is 1. The summed E-state index contributed by atoms with van der Waals surface area (Å²) >= 11 is 0. The van der Waals surface area contributed by atoms with E-state index in [4.69, 9.17) is 11.5 Å². The van der Waals surface area contributed by atoms with Gasteiger partial charge in [-0.1, -0.05) is 0 Å². The van der Waals surface area contributed by atoms with Gasteiger partial charge < -0.3 is 16.0 Å². The average molecular weight is 430 g/mol. The van der Waals surface area contributed by atoms with Crippen molar-refractivity contribution in [2.24, 2.45) is 0 Å². The number of piperazine rings is 1. The van der Waals surface area contributed by atoms with Gasteiger partial charge in [0.2, 0.25) is 0 Å². The van der Waals surface area contributed by atoms with E-state index in [0.29, 0.717) is 63.5 Å². The largest absolute Gasteiger partial charge is 0.399 e. The van der Waals surface area contributed by atoms with Crippen molar-refractivity contribution in [3.63, 3.8) is 0 Å². The minimum atomic E-state index is -0.443. The normalized spacial score (nSPS) is 16.0. The number of nitrogens with zero attached hydrogens (tertiary/aromatic N) is 4. The number of benzene rings is 2. The molecule has 166 valence electrons. The van der Waals surface area contributed by atoms with E-state index >= 15 is 0 Å². The summed E-state index contributed by atoms with van der Waals surface area (Å²) in [5, 5.41) is 21.6. The molecule has 3 rings (SSSR count). The predicted molar refractivity (Wildman–Crippen MR) is 117 cm³/mol. The Morgan fingerprint density at radius 2 is 1.29 bits per heavy atom. The van der Waals surface area contributed by atoms with Gasteiger partial charge in [-0.3, -0.25) is 24.9 Å². The highest BCUT2D eigenvalue weighted by Crippen LogP contribution is 2.18. The van der Waals surface area contributed by atoms with E-state index in [0.717, 1.165) is 0 Å². The van der Waals surface area contributed by atoms with Crippen LogP contribution >= 0.6 is 0 Å². The lowest BCUT2D eigenvalue weighted by Gasteiger charge is -2.41. The van der Waals surface area contributed by atoms with Crippen LogP contribution in [0.1, 0.15) is 0 Å². The highest BCUT2D eigenvalue weighted by molar-refractivity contribution is 5.93. The Morgan fingerprint density at radius 1 is 0.871 bits per heavy atom. The molecule has 31 heavy (non-hydrogen) atoms. The van der Waals surface area contributed by atoms with Crippen LogP contribution in [0.3, 0.4) is 0 Å². The zero-order valence-corrected chi connectivity index (χ0v) is 17.5. The van der Waals surface area contributed by atoms with Crippen molar-refractivity contribution in [2.45, 2.75) is 0 Å². The topological polar surface area (TPSA) is 136 Å². The van der Waals surface area contributed by atoms with Gasteiger partial charge in [0.25, 0.3) is 5.91 Å². The van der Waals surface area contributed by atoms with Crippen molar-refractivity contribution in [3.05, 3.63) is 48.5 Å². The molecule has 1 aliphatic heterocycles. The fraction of sp³-hybridized carbons (Fsp3) is 0.333. The summed E-state index contributed by atoms with van der Waals surface area (Å²) in [6.45, 7) is 2.60. The van der Waals surface area contributed by atoms with Gasteiger partial charge in [-0.05, 0) is 48.5 Å². The molecule has 0 bridgehead atoms. The van der Waals surface area contributed by atoms with Crippen LogP contribution in [0.25, 0.3) is 0 Å². The van der Waals surface area contributed by atoms with Gasteiger partial charge in [0.1, 0.15) is 0 Å². The molecular weight excluding hydrogens is 400 g/mol. The first-order valence-corrected chi connectivity index (χ1v) is 9.97. The molecule has 1 aliphatic rings. The van der Waals surface area contributed by atoms with Crippen molar-refractivity contribution in [3.8, 4) is 0 Å². The third-order valence-electron chi connectivity index (χ3n) is 5.54. The standard InChI is InChI=1S/C21H29N6O4/c1-27(15-21(29)26(31)19-8-4-17(23)5-9-19)12-10-24(11-13-27)14-20(28)25(30)18-6-2-16(22)3-7-18/h2-9,30-31H,10-15,22-23H2,1H3/q+1. The zero-order valence-electron chi connectivity index (χ0n) is 17.5. The number of likely N-dealkylation sites (N-methyl/N-ethyl adjacent to an activating group) is 1. The molecule has 0 aromatic heterocycles. The third kappa shape index (κ3) is 5.70. The second kappa shape index (κ2) is 9.31. The Labute approximate surface area is 181 Å². The van der Waals surface area contributed by atoms with Gasteiger partial charge in [0.05, 0.1) is 38.1 Å². The minimum Gasteiger partial charge on any atom is -0.399 e. The predicted octanol–water partition coefficient (Wildman–Crippen LogP) is 0.758. The maximum atomic E-state index is 12.5. The molecule has 6 N–H and O–H groups in total. The second-order valence-corrected chi connectivity index (χ2v) is 8.10. The number of hydrogen-bond donors (Lipinski definition) is 4. The second-order valence-electron chi connectivity index (χ2n) is 8.10. The minimum absolute atomic E-state index is 0.0619. The fourth-order valence-electron chi connectivity index (χ4n) is 3.48. The molecule has 0 spiro atoms. The molecule has 0 radical (unpaired) electrons. The number of anilines is 4. The summed E-state index contributed by atoms with van der Waals surface area (Å²) in [5.41, 5.74) is 13.1. The highest BCUT2D eigenvalue weighted by Gasteiger charge is 2.34. The number of hydrogen-bond acceptors (Lipinski definition) is 7. The number of carbonyl (C=O) groups is 2. The van der Waals surface area contributed by atoms with Gasteiger partial charge in [-0.15, -0.1) is 0 Å². The van der Waals surface area contributed by atoms with Crippen molar-refractivity contribution >= 4 is 34.6 Å². The van der Waals surface area contributed by atoms with Gasteiger partial charge in [-0.2, -0.15) is 10.1 Å². The van der Waals surface area contributed by atoms with Gasteiger partial charge in [-0.25, -0.2) is 0 Å². The lowest BCUT2D eigenvalue weighted by Crippen LogP contribution is -2.61. The molecule has 2 aromatic rings. The monoisotopic (exact) mass is 429 g/mol. The molecule has 10 heteroatoms. The summed E-state index contributed by atoms with van der Waals surface area (Å²) in [4.78, 5) is 26.9. The van der Waals surface area contributed by atoms with E-state index in [9.17, 15) is 20.0 Å². The third-order valence-corrected chi connectivity index (χ3v) is 5.54. The maximum absolute atomic E-state index is 12.5. The molecular formula is C21H29N6O4+. The van der Waals surface area contributed by atoms with Crippen molar-refractivity contribution in [1.82, 2.24) is 4.90 Å². The van der Waals surface area contributed by atoms with Crippen LogP contribution in [-0.2, 0) is 9.59 Å². The number of amides is 2. The van der Waals surface area contributed by atoms with Crippen LogP contribution in [0.4, 0.5) is 22.7 Å². The summed E-state index contributed by atoms with van der Waals surface area (Å²) in [7, 11) is 1.95. The van der Waals surface area contributed by atoms with Crippen LogP contribution in [0.15, 0.2) is 48.5 Å². The van der Waals surface area contributed by atoms with Crippen LogP contribution in [0.5, 0.6) is 0 Å². The van der Waals surface area contributed by atoms with Gasteiger partial charge >= 0.3 is 5.91 Å². The van der Waals surface area contributed by atoms with E-state index in [1.807, 2.05) is 11.9 Å². The average Bonchev–Trinajstić information content (AvgIpc) is 2.75. The smallest absolute Gasteiger partial charge is 0.305 e. The summed E-state index contributed by atoms with van der Waals surface area (Å²) < 4.78 is 0.441. The van der Waals surface area contributed by atoms with Gasteiger partial charge in [0, 0.05) is 24.5 Å². The number of nitrogens with two attached hydrogens (primary N) is 2. The number of carbonyl (C=O) groups excluding carboxylic acids is 2. The van der Waals surface area contributed by atoms with E-state index in [-0.39, 0.29) is 13.1 Å². The summed E-state index contributed by atoms with van der Waals surface area (Å²) in [6, 6.07) is 12.8. The Kier molecular flexibility index (Phi) is 6.76. The first-order valence-electron chi connectivity index (χ1n) is 9.97. The lowest BCUT2D eigenvalue weighted by atomic mass is 10.2. The number of hydroxylamine groups is 2. The van der Waals surface area contributed by atoms with Crippen LogP contribution in [0.2, 0.25) is 0 Å². The first kappa shape index (κ1) is 22.5. The maximum Gasteiger partial charge on any atom is 0.305 e. The van der Waals surface area contributed by atoms with E-state index in [1.54, 1.807) is 48.5 Å². The van der Waals surface area contributed by atoms with Crippen LogP contribution in [-0.4, -0.2) is 77.9 Å². The quantitative estimate of drug-likeness (QED) is 0.230. The molecule has 2 aromatic carbocycles. The van der Waals surface area contributed by atoms with E-state index in [1.165, 1.54) is 0 Å². The summed E-state index contributed by atoms with van der Waals surface area (Å²) in [6.07, 6.45) is 0. The van der Waals surface area contributed by atoms with E-state index in [2.05, 4.69) is 0 Å². The van der Waals surface area contributed by atoms with Gasteiger partial charge in [0.15, 0.2) is 6.54 Å². The highest BCUT2D eigenvalue weighted by atomic mass is 16.5. The summed E-state index contributed by atoms with van der Waals surface area (Å²) in [5.74, 6) is -0.858. The molecule has 1 heterocycles. The lowest BCUT2D eigenvalue weighted by molar-refractivity contribution is -0.906.